The molecule has 76 valence electrons. The van der Waals surface area contributed by atoms with Gasteiger partial charge in [-0.05, 0) is 25.3 Å². The smallest absolute Gasteiger partial charge is 0.247 e. The van der Waals surface area contributed by atoms with Gasteiger partial charge in [-0.2, -0.15) is 0 Å². The first-order valence-corrected chi connectivity index (χ1v) is 5.45. The fraction of sp³-hybridized carbons (Fsp3) is 0.583. The molecule has 0 aromatic heterocycles. The lowest BCUT2D eigenvalue weighted by Crippen LogP contribution is -2.40. The van der Waals surface area contributed by atoms with Gasteiger partial charge < -0.3 is 4.90 Å². The highest BCUT2D eigenvalue weighted by atomic mass is 16.2. The highest BCUT2D eigenvalue weighted by molar-refractivity contribution is 5.90. The van der Waals surface area contributed by atoms with E-state index in [4.69, 9.17) is 0 Å². The number of rotatable bonds is 1. The van der Waals surface area contributed by atoms with Gasteiger partial charge in [0.25, 0.3) is 0 Å². The van der Waals surface area contributed by atoms with E-state index in [1.54, 1.807) is 6.08 Å². The van der Waals surface area contributed by atoms with Gasteiger partial charge in [0.05, 0.1) is 0 Å². The maximum absolute atomic E-state index is 11.7. The number of carbonyl (C=O) groups is 1. The Balaban J connectivity index is 2.11. The molecule has 0 bridgehead atoms. The van der Waals surface area contributed by atoms with E-state index in [0.717, 1.165) is 6.54 Å². The van der Waals surface area contributed by atoms with Crippen molar-refractivity contribution in [2.75, 3.05) is 6.54 Å². The summed E-state index contributed by atoms with van der Waals surface area (Å²) in [6.07, 6.45) is 10.7. The number of hydrogen-bond acceptors (Lipinski definition) is 1. The third-order valence-corrected chi connectivity index (χ3v) is 3.21. The molecular formula is C12H17NO. The number of amides is 1. The summed E-state index contributed by atoms with van der Waals surface area (Å²) in [7, 11) is 0. The Morgan fingerprint density at radius 2 is 2.07 bits per heavy atom. The molecule has 1 aliphatic carbocycles. The standard InChI is InChI=1S/C12H17NO/c1-2-10-7-8-12(14)13(9-10)11-5-3-4-6-11/h2,7-8,11H,3-6,9H2,1H3/b10-2-. The average Bonchev–Trinajstić information content (AvgIpc) is 2.71. The van der Waals surface area contributed by atoms with Crippen LogP contribution in [-0.2, 0) is 4.79 Å². The number of allylic oxidation sites excluding steroid dienone is 1. The van der Waals surface area contributed by atoms with Gasteiger partial charge >= 0.3 is 0 Å². The van der Waals surface area contributed by atoms with Gasteiger partial charge in [0.2, 0.25) is 5.91 Å². The summed E-state index contributed by atoms with van der Waals surface area (Å²) in [4.78, 5) is 13.7. The van der Waals surface area contributed by atoms with E-state index >= 15 is 0 Å². The monoisotopic (exact) mass is 191 g/mol. The minimum atomic E-state index is 0.197. The van der Waals surface area contributed by atoms with Gasteiger partial charge in [0.1, 0.15) is 0 Å². The molecule has 1 fully saturated rings. The van der Waals surface area contributed by atoms with Crippen molar-refractivity contribution in [3.05, 3.63) is 23.8 Å². The first kappa shape index (κ1) is 9.50. The van der Waals surface area contributed by atoms with Crippen LogP contribution in [0.15, 0.2) is 23.8 Å². The lowest BCUT2D eigenvalue weighted by atomic mass is 10.1. The second-order valence-corrected chi connectivity index (χ2v) is 4.10. The molecule has 1 saturated carbocycles. The van der Waals surface area contributed by atoms with Crippen molar-refractivity contribution in [2.24, 2.45) is 0 Å². The van der Waals surface area contributed by atoms with Crippen molar-refractivity contribution in [3.63, 3.8) is 0 Å². The molecule has 0 radical (unpaired) electrons. The largest absolute Gasteiger partial charge is 0.332 e. The Morgan fingerprint density at radius 1 is 1.36 bits per heavy atom. The molecule has 14 heavy (non-hydrogen) atoms. The third-order valence-electron chi connectivity index (χ3n) is 3.21. The fourth-order valence-electron chi connectivity index (χ4n) is 2.31. The molecule has 0 spiro atoms. The van der Waals surface area contributed by atoms with Crippen LogP contribution in [0.5, 0.6) is 0 Å². The summed E-state index contributed by atoms with van der Waals surface area (Å²) in [5.74, 6) is 0.197. The molecule has 0 aromatic carbocycles. The molecule has 2 heteroatoms. The maximum Gasteiger partial charge on any atom is 0.247 e. The molecule has 2 aliphatic rings. The predicted octanol–water partition coefficient (Wildman–Crippen LogP) is 2.27. The van der Waals surface area contributed by atoms with Crippen LogP contribution in [0.4, 0.5) is 0 Å². The zero-order chi connectivity index (χ0) is 9.97. The highest BCUT2D eigenvalue weighted by Gasteiger charge is 2.27. The molecule has 0 N–H and O–H groups in total. The summed E-state index contributed by atoms with van der Waals surface area (Å²) in [6.45, 7) is 2.85. The van der Waals surface area contributed by atoms with Crippen molar-refractivity contribution >= 4 is 5.91 Å². The van der Waals surface area contributed by atoms with Crippen LogP contribution in [0.3, 0.4) is 0 Å². The molecule has 1 amide bonds. The van der Waals surface area contributed by atoms with Crippen LogP contribution in [0.2, 0.25) is 0 Å². The van der Waals surface area contributed by atoms with E-state index in [2.05, 4.69) is 6.08 Å². The van der Waals surface area contributed by atoms with Gasteiger partial charge in [0, 0.05) is 18.7 Å². The molecule has 1 heterocycles. The van der Waals surface area contributed by atoms with Gasteiger partial charge in [0.15, 0.2) is 0 Å². The Hall–Kier alpha value is -1.05. The summed E-state index contributed by atoms with van der Waals surface area (Å²) in [6, 6.07) is 0.502. The minimum absolute atomic E-state index is 0.197. The van der Waals surface area contributed by atoms with E-state index in [-0.39, 0.29) is 5.91 Å². The molecule has 2 nitrogen and oxygen atoms in total. The SMILES string of the molecule is C/C=C1/C=CC(=O)N(C2CCCC2)C1. The topological polar surface area (TPSA) is 20.3 Å². The van der Waals surface area contributed by atoms with Crippen LogP contribution < -0.4 is 0 Å². The van der Waals surface area contributed by atoms with Crippen molar-refractivity contribution < 1.29 is 4.79 Å². The third kappa shape index (κ3) is 1.74. The van der Waals surface area contributed by atoms with Gasteiger partial charge in [-0.1, -0.05) is 25.0 Å². The molecule has 2 rings (SSSR count). The molecular weight excluding hydrogens is 174 g/mol. The number of carbonyl (C=O) groups excluding carboxylic acids is 1. The lowest BCUT2D eigenvalue weighted by Gasteiger charge is -2.30. The van der Waals surface area contributed by atoms with Gasteiger partial charge in [-0.25, -0.2) is 0 Å². The molecule has 0 aromatic rings. The van der Waals surface area contributed by atoms with E-state index in [1.807, 2.05) is 17.9 Å². The molecule has 0 atom stereocenters. The van der Waals surface area contributed by atoms with Gasteiger partial charge in [-0.3, -0.25) is 4.79 Å². The summed E-state index contributed by atoms with van der Waals surface area (Å²) >= 11 is 0. The van der Waals surface area contributed by atoms with Crippen molar-refractivity contribution in [2.45, 2.75) is 38.6 Å². The van der Waals surface area contributed by atoms with Crippen LogP contribution >= 0.6 is 0 Å². The Bertz CT molecular complexity index is 285. The normalized spacial score (nSPS) is 26.5. The van der Waals surface area contributed by atoms with E-state index in [0.29, 0.717) is 6.04 Å². The highest BCUT2D eigenvalue weighted by Crippen LogP contribution is 2.26. The Kier molecular flexibility index (Phi) is 2.71. The first-order valence-electron chi connectivity index (χ1n) is 5.45. The first-order chi connectivity index (χ1) is 6.81. The lowest BCUT2D eigenvalue weighted by molar-refractivity contribution is -0.128. The van der Waals surface area contributed by atoms with E-state index in [1.165, 1.54) is 31.3 Å². The minimum Gasteiger partial charge on any atom is -0.332 e. The van der Waals surface area contributed by atoms with Crippen molar-refractivity contribution in [1.29, 1.82) is 0 Å². The van der Waals surface area contributed by atoms with Crippen molar-refractivity contribution in [3.8, 4) is 0 Å². The van der Waals surface area contributed by atoms with Gasteiger partial charge in [-0.15, -0.1) is 0 Å². The predicted molar refractivity (Wildman–Crippen MR) is 56.9 cm³/mol. The zero-order valence-electron chi connectivity index (χ0n) is 8.70. The summed E-state index contributed by atoms with van der Waals surface area (Å²) < 4.78 is 0. The molecule has 1 aliphatic heterocycles. The summed E-state index contributed by atoms with van der Waals surface area (Å²) in [5, 5.41) is 0. The Morgan fingerprint density at radius 3 is 2.71 bits per heavy atom. The maximum atomic E-state index is 11.7. The average molecular weight is 191 g/mol. The van der Waals surface area contributed by atoms with Crippen molar-refractivity contribution in [1.82, 2.24) is 4.90 Å². The number of hydrogen-bond donors (Lipinski definition) is 0. The van der Waals surface area contributed by atoms with E-state index in [9.17, 15) is 4.79 Å². The number of nitrogens with zero attached hydrogens (tertiary/aromatic N) is 1. The second-order valence-electron chi connectivity index (χ2n) is 4.10. The van der Waals surface area contributed by atoms with E-state index < -0.39 is 0 Å². The van der Waals surface area contributed by atoms with Crippen LogP contribution in [0.25, 0.3) is 0 Å². The van der Waals surface area contributed by atoms with Crippen LogP contribution in [-0.4, -0.2) is 23.4 Å². The molecule has 0 unspecified atom stereocenters. The quantitative estimate of drug-likeness (QED) is 0.622. The van der Waals surface area contributed by atoms with Crippen LogP contribution in [0, 0.1) is 0 Å². The Labute approximate surface area is 85.3 Å². The fourth-order valence-corrected chi connectivity index (χ4v) is 2.31. The van der Waals surface area contributed by atoms with Crippen LogP contribution in [0.1, 0.15) is 32.6 Å². The molecule has 0 saturated heterocycles. The zero-order valence-corrected chi connectivity index (χ0v) is 8.70. The summed E-state index contributed by atoms with van der Waals surface area (Å²) in [5.41, 5.74) is 1.26. The second kappa shape index (κ2) is 3.99.